The molecule has 172 valence electrons. The van der Waals surface area contributed by atoms with Gasteiger partial charge in [0.1, 0.15) is 11.8 Å². The van der Waals surface area contributed by atoms with E-state index in [1.165, 1.54) is 68.3 Å². The van der Waals surface area contributed by atoms with Gasteiger partial charge in [-0.15, -0.1) is 0 Å². The number of quaternary nitrogens is 1. The van der Waals surface area contributed by atoms with E-state index in [-0.39, 0.29) is 18.8 Å². The Morgan fingerprint density at radius 2 is 1.68 bits per heavy atom. The van der Waals surface area contributed by atoms with Crippen molar-refractivity contribution in [2.45, 2.75) is 89.5 Å². The van der Waals surface area contributed by atoms with E-state index in [4.69, 9.17) is 14.2 Å². The number of methoxy groups -OCH3 is 1. The summed E-state index contributed by atoms with van der Waals surface area (Å²) >= 11 is 0. The summed E-state index contributed by atoms with van der Waals surface area (Å²) in [6.45, 7) is 1.27. The monoisotopic (exact) mass is 430 g/mol. The molecule has 0 saturated heterocycles. The third kappa shape index (κ3) is 5.19. The number of carbonyl (C=O) groups is 1. The number of benzene rings is 1. The number of likely N-dealkylation sites (N-methyl/N-ethyl adjacent to an activating group) is 1. The molecule has 0 spiro atoms. The lowest BCUT2D eigenvalue weighted by Gasteiger charge is -2.33. The van der Waals surface area contributed by atoms with Crippen LogP contribution in [-0.4, -0.2) is 33.3 Å². The fourth-order valence-electron chi connectivity index (χ4n) is 5.75. The summed E-state index contributed by atoms with van der Waals surface area (Å²) in [6.07, 6.45) is 15.4. The Hall–Kier alpha value is -1.75. The Labute approximate surface area is 187 Å². The minimum absolute atomic E-state index is 0.127. The molecule has 31 heavy (non-hydrogen) atoms. The number of rotatable bonds is 4. The highest BCUT2D eigenvalue weighted by molar-refractivity contribution is 5.82. The van der Waals surface area contributed by atoms with E-state index in [1.807, 2.05) is 0 Å². The molecule has 0 amide bonds. The van der Waals surface area contributed by atoms with Crippen molar-refractivity contribution < 1.29 is 23.9 Å². The first kappa shape index (κ1) is 22.4. The minimum Gasteiger partial charge on any atom is -0.492 e. The highest BCUT2D eigenvalue weighted by Gasteiger charge is 2.38. The molecule has 1 fully saturated rings. The number of carbonyl (C=O) groups excluding carboxylic acids is 1. The molecular weight excluding hydrogens is 390 g/mol. The van der Waals surface area contributed by atoms with E-state index >= 15 is 0 Å². The Morgan fingerprint density at radius 1 is 1.03 bits per heavy atom. The normalized spacial score (nSPS) is 25.2. The first-order valence-corrected chi connectivity index (χ1v) is 12.5. The van der Waals surface area contributed by atoms with Crippen LogP contribution in [0.5, 0.6) is 17.2 Å². The molecular formula is C26H40NO4+. The third-order valence-corrected chi connectivity index (χ3v) is 7.65. The summed E-state index contributed by atoms with van der Waals surface area (Å²) < 4.78 is 17.2. The zero-order valence-electron chi connectivity index (χ0n) is 19.5. The first-order valence-electron chi connectivity index (χ1n) is 12.5. The quantitative estimate of drug-likeness (QED) is 0.768. The van der Waals surface area contributed by atoms with Crippen molar-refractivity contribution in [2.75, 3.05) is 27.5 Å². The molecule has 5 nitrogen and oxygen atoms in total. The Bertz CT molecular complexity index is 750. The summed E-state index contributed by atoms with van der Waals surface area (Å²) in [5.74, 6) is 2.94. The first-order chi connectivity index (χ1) is 15.2. The molecule has 2 atom stereocenters. The van der Waals surface area contributed by atoms with Crippen LogP contribution < -0.4 is 19.1 Å². The molecule has 1 saturated carbocycles. The van der Waals surface area contributed by atoms with Gasteiger partial charge in [0.2, 0.25) is 12.5 Å². The van der Waals surface area contributed by atoms with Gasteiger partial charge in [0, 0.05) is 12.3 Å². The van der Waals surface area contributed by atoms with Crippen LogP contribution in [0.15, 0.2) is 6.07 Å². The lowest BCUT2D eigenvalue weighted by Crippen LogP contribution is -3.10. The van der Waals surface area contributed by atoms with E-state index in [9.17, 15) is 4.79 Å². The molecule has 0 radical (unpaired) electrons. The molecule has 0 aromatic heterocycles. The molecule has 2 aliphatic heterocycles. The maximum absolute atomic E-state index is 13.6. The number of hydrogen-bond acceptors (Lipinski definition) is 4. The molecule has 1 aromatic rings. The van der Waals surface area contributed by atoms with Crippen LogP contribution in [0.1, 0.15) is 94.2 Å². The number of fused-ring (bicyclic) bond motifs is 2. The maximum atomic E-state index is 13.6. The van der Waals surface area contributed by atoms with Crippen molar-refractivity contribution in [1.82, 2.24) is 0 Å². The molecule has 2 heterocycles. The van der Waals surface area contributed by atoms with Crippen LogP contribution in [0, 0.1) is 5.92 Å². The number of Topliss-reactive ketones (excluding diaryl/α,β-unsaturated/α-hetero) is 1. The lowest BCUT2D eigenvalue weighted by molar-refractivity contribution is -0.914. The average Bonchev–Trinajstić information content (AvgIpc) is 3.23. The summed E-state index contributed by atoms with van der Waals surface area (Å²) in [5.41, 5.74) is 2.42. The second-order valence-corrected chi connectivity index (χ2v) is 9.74. The van der Waals surface area contributed by atoms with Crippen LogP contribution in [0.2, 0.25) is 0 Å². The summed E-state index contributed by atoms with van der Waals surface area (Å²) in [4.78, 5) is 15.0. The van der Waals surface area contributed by atoms with Gasteiger partial charge >= 0.3 is 0 Å². The SMILES string of the molecule is COc1c2c(cc3c1[C@H](CC(=O)C1CCCCCCCCCCC1)[NH+](C)CC3)OCO2. The van der Waals surface area contributed by atoms with Crippen molar-refractivity contribution in [3.63, 3.8) is 0 Å². The van der Waals surface area contributed by atoms with Gasteiger partial charge in [-0.25, -0.2) is 0 Å². The Morgan fingerprint density at radius 3 is 2.32 bits per heavy atom. The van der Waals surface area contributed by atoms with Gasteiger partial charge in [-0.2, -0.15) is 0 Å². The van der Waals surface area contributed by atoms with E-state index in [2.05, 4.69) is 13.1 Å². The molecule has 1 aromatic carbocycles. The zero-order chi connectivity index (χ0) is 21.6. The number of ether oxygens (including phenoxy) is 3. The van der Waals surface area contributed by atoms with E-state index in [0.29, 0.717) is 18.0 Å². The highest BCUT2D eigenvalue weighted by Crippen LogP contribution is 2.48. The van der Waals surface area contributed by atoms with Crippen molar-refractivity contribution >= 4 is 5.78 Å². The van der Waals surface area contributed by atoms with Crippen LogP contribution in [0.3, 0.4) is 0 Å². The summed E-state index contributed by atoms with van der Waals surface area (Å²) in [5, 5.41) is 0. The largest absolute Gasteiger partial charge is 0.492 e. The Kier molecular flexibility index (Phi) is 7.76. The van der Waals surface area contributed by atoms with Crippen molar-refractivity contribution in [3.8, 4) is 17.2 Å². The molecule has 4 rings (SSSR count). The van der Waals surface area contributed by atoms with Gasteiger partial charge in [0.05, 0.1) is 32.7 Å². The maximum Gasteiger partial charge on any atom is 0.231 e. The van der Waals surface area contributed by atoms with Crippen LogP contribution in [0.4, 0.5) is 0 Å². The lowest BCUT2D eigenvalue weighted by atomic mass is 9.83. The summed E-state index contributed by atoms with van der Waals surface area (Å²) in [7, 11) is 3.92. The van der Waals surface area contributed by atoms with Crippen molar-refractivity contribution in [2.24, 2.45) is 5.92 Å². The number of hydrogen-bond donors (Lipinski definition) is 1. The molecule has 3 aliphatic rings. The second-order valence-electron chi connectivity index (χ2n) is 9.74. The fraction of sp³-hybridized carbons (Fsp3) is 0.731. The topological polar surface area (TPSA) is 49.2 Å². The summed E-state index contributed by atoms with van der Waals surface area (Å²) in [6, 6.07) is 2.24. The standard InChI is InChI=1S/C26H39NO4/c1-27-15-14-20-16-23-25(31-18-30-23)26(29-2)24(20)21(27)17-22(28)19-12-10-8-6-4-3-5-7-9-11-13-19/h16,19,21H,3-15,17-18H2,1-2H3/p+1/t21-/m0/s1. The van der Waals surface area contributed by atoms with Gasteiger partial charge in [0.15, 0.2) is 11.5 Å². The minimum atomic E-state index is 0.127. The van der Waals surface area contributed by atoms with Gasteiger partial charge in [-0.05, 0) is 24.5 Å². The zero-order valence-corrected chi connectivity index (χ0v) is 19.5. The Balaban J connectivity index is 1.52. The van der Waals surface area contributed by atoms with E-state index < -0.39 is 0 Å². The van der Waals surface area contributed by atoms with E-state index in [1.54, 1.807) is 7.11 Å². The van der Waals surface area contributed by atoms with Crippen LogP contribution in [0.25, 0.3) is 0 Å². The van der Waals surface area contributed by atoms with Crippen molar-refractivity contribution in [3.05, 3.63) is 17.2 Å². The fourth-order valence-corrected chi connectivity index (χ4v) is 5.75. The highest BCUT2D eigenvalue weighted by atomic mass is 16.7. The predicted molar refractivity (Wildman–Crippen MR) is 121 cm³/mol. The molecule has 1 unspecified atom stereocenters. The molecule has 1 N–H and O–H groups in total. The average molecular weight is 431 g/mol. The van der Waals surface area contributed by atoms with Crippen LogP contribution in [-0.2, 0) is 11.2 Å². The molecule has 0 bridgehead atoms. The van der Waals surface area contributed by atoms with Gasteiger partial charge in [0.25, 0.3) is 0 Å². The van der Waals surface area contributed by atoms with Crippen molar-refractivity contribution in [1.29, 1.82) is 0 Å². The van der Waals surface area contributed by atoms with Gasteiger partial charge in [-0.3, -0.25) is 4.79 Å². The van der Waals surface area contributed by atoms with Gasteiger partial charge in [-0.1, -0.05) is 57.8 Å². The molecule has 5 heteroatoms. The van der Waals surface area contributed by atoms with Gasteiger partial charge < -0.3 is 19.1 Å². The van der Waals surface area contributed by atoms with E-state index in [0.717, 1.165) is 42.9 Å². The smallest absolute Gasteiger partial charge is 0.231 e. The number of ketones is 1. The molecule has 1 aliphatic carbocycles. The number of nitrogens with one attached hydrogen (secondary N) is 1. The second kappa shape index (κ2) is 10.7. The van der Waals surface area contributed by atoms with Crippen LogP contribution >= 0.6 is 0 Å². The third-order valence-electron chi connectivity index (χ3n) is 7.65. The predicted octanol–water partition coefficient (Wildman–Crippen LogP) is 4.42.